The SMILES string of the molecule is COc1ccccc1SCC(N)C(C)C. The molecular weight excluding hydrogens is 206 g/mol. The molecule has 0 aliphatic carbocycles. The molecule has 84 valence electrons. The van der Waals surface area contributed by atoms with Crippen LogP contribution in [0.4, 0.5) is 0 Å². The van der Waals surface area contributed by atoms with Crippen LogP contribution in [-0.2, 0) is 0 Å². The molecule has 3 heteroatoms. The van der Waals surface area contributed by atoms with Crippen LogP contribution in [-0.4, -0.2) is 18.9 Å². The van der Waals surface area contributed by atoms with Gasteiger partial charge in [-0.2, -0.15) is 0 Å². The molecule has 0 heterocycles. The van der Waals surface area contributed by atoms with Crippen LogP contribution in [0, 0.1) is 5.92 Å². The quantitative estimate of drug-likeness (QED) is 0.783. The van der Waals surface area contributed by atoms with E-state index in [0.717, 1.165) is 16.4 Å². The van der Waals surface area contributed by atoms with Crippen LogP contribution in [0.5, 0.6) is 5.75 Å². The lowest BCUT2D eigenvalue weighted by molar-refractivity contribution is 0.404. The third-order valence-corrected chi connectivity index (χ3v) is 3.56. The summed E-state index contributed by atoms with van der Waals surface area (Å²) < 4.78 is 5.28. The minimum Gasteiger partial charge on any atom is -0.496 e. The number of ether oxygens (including phenoxy) is 1. The smallest absolute Gasteiger partial charge is 0.132 e. The van der Waals surface area contributed by atoms with Crippen molar-refractivity contribution < 1.29 is 4.74 Å². The molecule has 1 atom stereocenters. The lowest BCUT2D eigenvalue weighted by Gasteiger charge is -2.15. The molecule has 15 heavy (non-hydrogen) atoms. The van der Waals surface area contributed by atoms with E-state index < -0.39 is 0 Å². The maximum atomic E-state index is 5.99. The molecule has 0 saturated heterocycles. The Labute approximate surface area is 96.2 Å². The lowest BCUT2D eigenvalue weighted by atomic mass is 10.1. The minimum atomic E-state index is 0.236. The Morgan fingerprint density at radius 1 is 1.33 bits per heavy atom. The molecule has 0 bridgehead atoms. The molecule has 0 aromatic heterocycles. The van der Waals surface area contributed by atoms with Gasteiger partial charge in [-0.05, 0) is 18.1 Å². The van der Waals surface area contributed by atoms with Gasteiger partial charge in [-0.25, -0.2) is 0 Å². The van der Waals surface area contributed by atoms with Crippen LogP contribution in [0.3, 0.4) is 0 Å². The van der Waals surface area contributed by atoms with E-state index in [1.807, 2.05) is 18.2 Å². The fourth-order valence-electron chi connectivity index (χ4n) is 1.12. The van der Waals surface area contributed by atoms with Gasteiger partial charge in [0.05, 0.1) is 7.11 Å². The summed E-state index contributed by atoms with van der Waals surface area (Å²) >= 11 is 1.76. The number of thioether (sulfide) groups is 1. The summed E-state index contributed by atoms with van der Waals surface area (Å²) in [7, 11) is 1.70. The van der Waals surface area contributed by atoms with Crippen molar-refractivity contribution in [1.29, 1.82) is 0 Å². The van der Waals surface area contributed by atoms with Crippen LogP contribution in [0.2, 0.25) is 0 Å². The van der Waals surface area contributed by atoms with Gasteiger partial charge >= 0.3 is 0 Å². The van der Waals surface area contributed by atoms with Crippen molar-refractivity contribution in [1.82, 2.24) is 0 Å². The molecular formula is C12H19NOS. The van der Waals surface area contributed by atoms with Gasteiger partial charge in [0.15, 0.2) is 0 Å². The Morgan fingerprint density at radius 3 is 2.60 bits per heavy atom. The van der Waals surface area contributed by atoms with Crippen molar-refractivity contribution in [3.8, 4) is 5.75 Å². The normalized spacial score (nSPS) is 12.9. The summed E-state index contributed by atoms with van der Waals surface area (Å²) in [5.41, 5.74) is 5.99. The molecule has 1 unspecified atom stereocenters. The van der Waals surface area contributed by atoms with Gasteiger partial charge in [0.25, 0.3) is 0 Å². The average Bonchev–Trinajstić information content (AvgIpc) is 2.26. The highest BCUT2D eigenvalue weighted by Crippen LogP contribution is 2.29. The van der Waals surface area contributed by atoms with Gasteiger partial charge < -0.3 is 10.5 Å². The van der Waals surface area contributed by atoms with Crippen molar-refractivity contribution >= 4 is 11.8 Å². The Balaban J connectivity index is 2.57. The molecule has 0 aliphatic rings. The van der Waals surface area contributed by atoms with Crippen LogP contribution < -0.4 is 10.5 Å². The molecule has 0 fully saturated rings. The summed E-state index contributed by atoms with van der Waals surface area (Å²) in [6.45, 7) is 4.29. The zero-order valence-corrected chi connectivity index (χ0v) is 10.4. The van der Waals surface area contributed by atoms with Gasteiger partial charge in [-0.15, -0.1) is 11.8 Å². The van der Waals surface area contributed by atoms with E-state index in [9.17, 15) is 0 Å². The fourth-order valence-corrected chi connectivity index (χ4v) is 2.34. The van der Waals surface area contributed by atoms with Gasteiger partial charge in [0.2, 0.25) is 0 Å². The number of hydrogen-bond acceptors (Lipinski definition) is 3. The number of benzene rings is 1. The Morgan fingerprint density at radius 2 is 2.00 bits per heavy atom. The first-order valence-electron chi connectivity index (χ1n) is 5.16. The molecule has 0 spiro atoms. The first-order chi connectivity index (χ1) is 7.15. The largest absolute Gasteiger partial charge is 0.496 e. The number of hydrogen-bond donors (Lipinski definition) is 1. The molecule has 0 amide bonds. The molecule has 1 aromatic carbocycles. The van der Waals surface area contributed by atoms with Crippen LogP contribution in [0.25, 0.3) is 0 Å². The van der Waals surface area contributed by atoms with E-state index >= 15 is 0 Å². The topological polar surface area (TPSA) is 35.2 Å². The zero-order chi connectivity index (χ0) is 11.3. The molecule has 0 radical (unpaired) electrons. The number of nitrogens with two attached hydrogens (primary N) is 1. The second-order valence-electron chi connectivity index (χ2n) is 3.87. The second kappa shape index (κ2) is 6.03. The standard InChI is InChI=1S/C12H19NOS/c1-9(2)10(13)8-15-12-7-5-4-6-11(12)14-3/h4-7,9-10H,8,13H2,1-3H3. The molecule has 2 N–H and O–H groups in total. The van der Waals surface area contributed by atoms with Gasteiger partial charge in [-0.3, -0.25) is 0 Å². The van der Waals surface area contributed by atoms with Gasteiger partial charge in [0.1, 0.15) is 5.75 Å². The first-order valence-corrected chi connectivity index (χ1v) is 6.15. The highest BCUT2D eigenvalue weighted by molar-refractivity contribution is 7.99. The fraction of sp³-hybridized carbons (Fsp3) is 0.500. The zero-order valence-electron chi connectivity index (χ0n) is 9.57. The predicted octanol–water partition coefficient (Wildman–Crippen LogP) is 2.77. The van der Waals surface area contributed by atoms with E-state index in [1.165, 1.54) is 0 Å². The van der Waals surface area contributed by atoms with Crippen molar-refractivity contribution in [3.63, 3.8) is 0 Å². The van der Waals surface area contributed by atoms with Crippen LogP contribution >= 0.6 is 11.8 Å². The third-order valence-electron chi connectivity index (χ3n) is 2.36. The van der Waals surface area contributed by atoms with Crippen molar-refractivity contribution in [2.45, 2.75) is 24.8 Å². The summed E-state index contributed by atoms with van der Waals surface area (Å²) in [4.78, 5) is 1.16. The summed E-state index contributed by atoms with van der Waals surface area (Å²) in [5.74, 6) is 2.38. The highest BCUT2D eigenvalue weighted by Gasteiger charge is 2.09. The monoisotopic (exact) mass is 225 g/mol. The van der Waals surface area contributed by atoms with E-state index in [4.69, 9.17) is 10.5 Å². The number of methoxy groups -OCH3 is 1. The molecule has 2 nitrogen and oxygen atoms in total. The second-order valence-corrected chi connectivity index (χ2v) is 4.93. The maximum Gasteiger partial charge on any atom is 0.132 e. The molecule has 0 saturated carbocycles. The minimum absolute atomic E-state index is 0.236. The predicted molar refractivity (Wildman–Crippen MR) is 66.5 cm³/mol. The summed E-state index contributed by atoms with van der Waals surface area (Å²) in [6.07, 6.45) is 0. The van der Waals surface area contributed by atoms with Crippen molar-refractivity contribution in [2.24, 2.45) is 11.7 Å². The Bertz CT molecular complexity index is 301. The van der Waals surface area contributed by atoms with Gasteiger partial charge in [-0.1, -0.05) is 26.0 Å². The maximum absolute atomic E-state index is 5.99. The summed E-state index contributed by atoms with van der Waals surface area (Å²) in [6, 6.07) is 8.27. The van der Waals surface area contributed by atoms with E-state index in [0.29, 0.717) is 5.92 Å². The highest BCUT2D eigenvalue weighted by atomic mass is 32.2. The molecule has 0 aliphatic heterocycles. The molecule has 1 rings (SSSR count). The van der Waals surface area contributed by atoms with Crippen LogP contribution in [0.1, 0.15) is 13.8 Å². The average molecular weight is 225 g/mol. The van der Waals surface area contributed by atoms with E-state index in [2.05, 4.69) is 19.9 Å². The number of para-hydroxylation sites is 1. The lowest BCUT2D eigenvalue weighted by Crippen LogP contribution is -2.28. The van der Waals surface area contributed by atoms with Crippen LogP contribution in [0.15, 0.2) is 29.2 Å². The first kappa shape index (κ1) is 12.4. The Hall–Kier alpha value is -0.670. The number of rotatable bonds is 5. The summed E-state index contributed by atoms with van der Waals surface area (Å²) in [5, 5.41) is 0. The van der Waals surface area contributed by atoms with Gasteiger partial charge in [0, 0.05) is 16.7 Å². The molecule has 1 aromatic rings. The van der Waals surface area contributed by atoms with E-state index in [-0.39, 0.29) is 6.04 Å². The third kappa shape index (κ3) is 3.76. The Kier molecular flexibility index (Phi) is 4.99. The van der Waals surface area contributed by atoms with Crippen molar-refractivity contribution in [2.75, 3.05) is 12.9 Å². The van der Waals surface area contributed by atoms with Crippen molar-refractivity contribution in [3.05, 3.63) is 24.3 Å². The van der Waals surface area contributed by atoms with E-state index in [1.54, 1.807) is 18.9 Å².